The highest BCUT2D eigenvalue weighted by molar-refractivity contribution is 6.31. The molecule has 0 N–H and O–H groups in total. The van der Waals surface area contributed by atoms with E-state index in [9.17, 15) is 4.79 Å². The highest BCUT2D eigenvalue weighted by Crippen LogP contribution is 2.37. The Morgan fingerprint density at radius 3 is 2.76 bits per heavy atom. The summed E-state index contributed by atoms with van der Waals surface area (Å²) in [5.41, 5.74) is 1.93. The van der Waals surface area contributed by atoms with E-state index in [0.29, 0.717) is 30.7 Å². The second-order valence-corrected chi connectivity index (χ2v) is 9.25. The number of rotatable bonds is 2. The summed E-state index contributed by atoms with van der Waals surface area (Å²) in [5, 5.41) is 0.630. The van der Waals surface area contributed by atoms with Crippen LogP contribution in [-0.4, -0.2) is 53.9 Å². The molecule has 0 radical (unpaired) electrons. The first-order chi connectivity index (χ1) is 13.7. The number of carbonyl (C=O) groups is 1. The highest BCUT2D eigenvalue weighted by atomic mass is 35.5. The quantitative estimate of drug-likeness (QED) is 0.695. The fourth-order valence-electron chi connectivity index (χ4n) is 3.93. The number of hydrogen-bond acceptors (Lipinski definition) is 6. The minimum absolute atomic E-state index is 0.00145. The van der Waals surface area contributed by atoms with Gasteiger partial charge < -0.3 is 23.7 Å². The van der Waals surface area contributed by atoms with Crippen LogP contribution in [0.2, 0.25) is 5.02 Å². The molecule has 2 aromatic rings. The lowest BCUT2D eigenvalue weighted by Crippen LogP contribution is -2.54. The number of ether oxygens (including phenoxy) is 2. The Labute approximate surface area is 175 Å². The first-order valence-corrected chi connectivity index (χ1v) is 10.6. The van der Waals surface area contributed by atoms with Crippen LogP contribution in [0, 0.1) is 0 Å². The number of aromatic nitrogens is 1. The maximum Gasteiger partial charge on any atom is 0.410 e. The summed E-state index contributed by atoms with van der Waals surface area (Å²) in [6.45, 7) is 10.2. The zero-order valence-electron chi connectivity index (χ0n) is 17.4. The van der Waals surface area contributed by atoms with E-state index in [1.165, 1.54) is 0 Å². The summed E-state index contributed by atoms with van der Waals surface area (Å²) in [6.07, 6.45) is 1.70. The van der Waals surface area contributed by atoms with Gasteiger partial charge in [0.05, 0.1) is 6.10 Å². The lowest BCUT2D eigenvalue weighted by molar-refractivity contribution is 0.0216. The third-order valence-corrected chi connectivity index (χ3v) is 5.49. The molecule has 0 spiro atoms. The van der Waals surface area contributed by atoms with Crippen molar-refractivity contribution in [3.05, 3.63) is 22.7 Å². The average Bonchev–Trinajstić information content (AvgIpc) is 3.29. The molecular weight excluding hydrogens is 394 g/mol. The van der Waals surface area contributed by atoms with Gasteiger partial charge in [-0.15, -0.1) is 0 Å². The molecule has 1 unspecified atom stereocenters. The Morgan fingerprint density at radius 1 is 1.31 bits per heavy atom. The van der Waals surface area contributed by atoms with Gasteiger partial charge >= 0.3 is 6.09 Å². The number of halogens is 1. The van der Waals surface area contributed by atoms with Crippen molar-refractivity contribution in [2.24, 2.45) is 0 Å². The molecule has 2 aliphatic heterocycles. The topological polar surface area (TPSA) is 68.0 Å². The van der Waals surface area contributed by atoms with Crippen molar-refractivity contribution in [3.8, 4) is 0 Å². The second-order valence-electron chi connectivity index (χ2n) is 8.81. The van der Waals surface area contributed by atoms with Crippen LogP contribution in [0.4, 0.5) is 10.8 Å². The van der Waals surface area contributed by atoms with E-state index < -0.39 is 5.60 Å². The summed E-state index contributed by atoms with van der Waals surface area (Å²) in [7, 11) is 0. The van der Waals surface area contributed by atoms with E-state index in [2.05, 4.69) is 11.8 Å². The number of nitrogens with zero attached hydrogens (tertiary/aromatic N) is 3. The van der Waals surface area contributed by atoms with Crippen LogP contribution in [0.15, 0.2) is 16.5 Å². The number of benzene rings is 1. The van der Waals surface area contributed by atoms with E-state index in [-0.39, 0.29) is 18.2 Å². The van der Waals surface area contributed by atoms with Gasteiger partial charge in [0.15, 0.2) is 5.58 Å². The smallest absolute Gasteiger partial charge is 0.410 e. The van der Waals surface area contributed by atoms with Gasteiger partial charge in [0.25, 0.3) is 6.01 Å². The van der Waals surface area contributed by atoms with Gasteiger partial charge in [-0.3, -0.25) is 0 Å². The Bertz CT molecular complexity index is 901. The average molecular weight is 422 g/mol. The number of carbonyl (C=O) groups excluding carboxylic acids is 1. The minimum atomic E-state index is -0.504. The van der Waals surface area contributed by atoms with Crippen molar-refractivity contribution < 1.29 is 18.7 Å². The first-order valence-electron chi connectivity index (χ1n) is 10.2. The fourth-order valence-corrected chi connectivity index (χ4v) is 4.15. The van der Waals surface area contributed by atoms with E-state index in [0.717, 1.165) is 36.1 Å². The van der Waals surface area contributed by atoms with Gasteiger partial charge in [0.1, 0.15) is 11.1 Å². The van der Waals surface area contributed by atoms with Crippen LogP contribution in [0.25, 0.3) is 11.1 Å². The molecule has 0 bridgehead atoms. The number of oxazole rings is 1. The Morgan fingerprint density at radius 2 is 2.10 bits per heavy atom. The molecule has 0 aliphatic carbocycles. The van der Waals surface area contributed by atoms with Crippen LogP contribution in [-0.2, 0) is 9.47 Å². The maximum atomic E-state index is 12.4. The summed E-state index contributed by atoms with van der Waals surface area (Å²) in [6, 6.07) is 4.34. The normalized spacial score (nSPS) is 23.1. The summed E-state index contributed by atoms with van der Waals surface area (Å²) < 4.78 is 17.5. The van der Waals surface area contributed by atoms with Crippen LogP contribution in [0.1, 0.15) is 52.2 Å². The molecular formula is C21H28ClN3O4. The largest absolute Gasteiger partial charge is 0.444 e. The summed E-state index contributed by atoms with van der Waals surface area (Å²) in [5.74, 6) is 0. The first kappa shape index (κ1) is 20.3. The number of hydrogen-bond donors (Lipinski definition) is 0. The van der Waals surface area contributed by atoms with Gasteiger partial charge in [-0.05, 0) is 52.7 Å². The van der Waals surface area contributed by atoms with Crippen molar-refractivity contribution in [2.75, 3.05) is 31.1 Å². The molecule has 1 amide bonds. The van der Waals surface area contributed by atoms with Crippen molar-refractivity contribution in [3.63, 3.8) is 0 Å². The molecule has 2 atom stereocenters. The monoisotopic (exact) mass is 421 g/mol. The minimum Gasteiger partial charge on any atom is -0.444 e. The molecule has 158 valence electrons. The third kappa shape index (κ3) is 4.31. The lowest BCUT2D eigenvalue weighted by Gasteiger charge is -2.39. The molecule has 4 rings (SSSR count). The molecule has 2 aliphatic rings. The van der Waals surface area contributed by atoms with Gasteiger partial charge in [-0.1, -0.05) is 11.6 Å². The second kappa shape index (κ2) is 7.69. The predicted molar refractivity (Wildman–Crippen MR) is 112 cm³/mol. The Kier molecular flexibility index (Phi) is 5.38. The standard InChI is InChI=1S/C21H28ClN3O4/c1-13-12-24(20(26)29-21(2,3)4)7-8-25(13)19-23-16-11-14(22)10-15(18(16)28-19)17-6-5-9-27-17/h10-11,13,17H,5-9,12H2,1-4H3/t13-,17?/m0/s1. The van der Waals surface area contributed by atoms with E-state index in [4.69, 9.17) is 30.5 Å². The fraction of sp³-hybridized carbons (Fsp3) is 0.619. The number of piperazine rings is 1. The van der Waals surface area contributed by atoms with Crippen molar-refractivity contribution in [1.82, 2.24) is 9.88 Å². The highest BCUT2D eigenvalue weighted by Gasteiger charge is 2.32. The molecule has 0 saturated carbocycles. The SMILES string of the molecule is C[C@H]1CN(C(=O)OC(C)(C)C)CCN1c1nc2cc(Cl)cc(C3CCCO3)c2o1. The van der Waals surface area contributed by atoms with Gasteiger partial charge in [0, 0.05) is 42.9 Å². The van der Waals surface area contributed by atoms with Gasteiger partial charge in [0.2, 0.25) is 0 Å². The molecule has 29 heavy (non-hydrogen) atoms. The predicted octanol–water partition coefficient (Wildman–Crippen LogP) is 4.78. The van der Waals surface area contributed by atoms with Crippen molar-refractivity contribution >= 4 is 34.8 Å². The van der Waals surface area contributed by atoms with Crippen LogP contribution in [0.3, 0.4) is 0 Å². The number of fused-ring (bicyclic) bond motifs is 1. The van der Waals surface area contributed by atoms with Crippen LogP contribution >= 0.6 is 11.6 Å². The van der Waals surface area contributed by atoms with Crippen molar-refractivity contribution in [2.45, 2.75) is 58.3 Å². The molecule has 2 saturated heterocycles. The molecule has 3 heterocycles. The summed E-state index contributed by atoms with van der Waals surface area (Å²) >= 11 is 6.32. The summed E-state index contributed by atoms with van der Waals surface area (Å²) in [4.78, 5) is 20.9. The lowest BCUT2D eigenvalue weighted by atomic mass is 10.1. The molecule has 1 aromatic heterocycles. The van der Waals surface area contributed by atoms with E-state index >= 15 is 0 Å². The molecule has 1 aromatic carbocycles. The van der Waals surface area contributed by atoms with Crippen LogP contribution in [0.5, 0.6) is 0 Å². The zero-order valence-corrected chi connectivity index (χ0v) is 18.2. The number of amides is 1. The Balaban J connectivity index is 1.55. The number of anilines is 1. The van der Waals surface area contributed by atoms with Crippen molar-refractivity contribution in [1.29, 1.82) is 0 Å². The van der Waals surface area contributed by atoms with E-state index in [1.807, 2.05) is 32.9 Å². The molecule has 7 nitrogen and oxygen atoms in total. The maximum absolute atomic E-state index is 12.4. The van der Waals surface area contributed by atoms with E-state index in [1.54, 1.807) is 4.90 Å². The molecule has 8 heteroatoms. The van der Waals surface area contributed by atoms with Gasteiger partial charge in [-0.2, -0.15) is 4.98 Å². The Hall–Kier alpha value is -1.99. The third-order valence-electron chi connectivity index (χ3n) is 5.27. The van der Waals surface area contributed by atoms with Crippen LogP contribution < -0.4 is 4.90 Å². The zero-order chi connectivity index (χ0) is 20.8. The van der Waals surface area contributed by atoms with Gasteiger partial charge in [-0.25, -0.2) is 4.79 Å². The molecule has 2 fully saturated rings.